The molecule has 0 spiro atoms. The Balaban J connectivity index is 1.82. The van der Waals surface area contributed by atoms with Crippen molar-refractivity contribution in [2.24, 2.45) is 0 Å². The quantitative estimate of drug-likeness (QED) is 0.221. The van der Waals surface area contributed by atoms with E-state index >= 15 is 0 Å². The lowest BCUT2D eigenvalue weighted by Gasteiger charge is -2.37. The van der Waals surface area contributed by atoms with Crippen LogP contribution in [0.4, 0.5) is 0 Å². The van der Waals surface area contributed by atoms with E-state index in [1.54, 1.807) is 21.3 Å². The number of dihydropyridines is 1. The monoisotopic (exact) mass is 627 g/mol. The first-order chi connectivity index (χ1) is 19.8. The molecule has 1 aliphatic heterocycles. The molecule has 1 aliphatic carbocycles. The van der Waals surface area contributed by atoms with E-state index < -0.39 is 11.9 Å². The molecule has 0 unspecified atom stereocenters. The highest BCUT2D eigenvalue weighted by molar-refractivity contribution is 9.10. The second-order valence-corrected chi connectivity index (χ2v) is 10.9. The summed E-state index contributed by atoms with van der Waals surface area (Å²) in [6.07, 6.45) is 2.55. The summed E-state index contributed by atoms with van der Waals surface area (Å²) in [6.45, 7) is 6.54. The fraction of sp³-hybridized carbons (Fsp3) is 0.438. The highest BCUT2D eigenvalue weighted by Gasteiger charge is 2.42. The van der Waals surface area contributed by atoms with Crippen LogP contribution in [-0.2, 0) is 14.3 Å². The van der Waals surface area contributed by atoms with Gasteiger partial charge in [0.25, 0.3) is 0 Å². The number of ether oxygens (including phenoxy) is 5. The molecular formula is C32H38BrNO7. The number of hydrogen-bond acceptors (Lipinski definition) is 8. The normalized spacial score (nSPS) is 18.5. The van der Waals surface area contributed by atoms with Gasteiger partial charge in [0.15, 0.2) is 28.8 Å². The number of nitrogens with one attached hydrogen (secondary N) is 1. The van der Waals surface area contributed by atoms with Crippen molar-refractivity contribution in [2.75, 3.05) is 34.5 Å². The van der Waals surface area contributed by atoms with Gasteiger partial charge in [-0.1, -0.05) is 19.4 Å². The molecule has 0 aromatic heterocycles. The molecule has 220 valence electrons. The highest BCUT2D eigenvalue weighted by Crippen LogP contribution is 2.49. The first-order valence-corrected chi connectivity index (χ1v) is 14.7. The van der Waals surface area contributed by atoms with Crippen LogP contribution in [0.25, 0.3) is 0 Å². The van der Waals surface area contributed by atoms with Gasteiger partial charge in [0, 0.05) is 29.3 Å². The molecule has 0 bridgehead atoms. The number of allylic oxidation sites excluding steroid dienone is 3. The first kappa shape index (κ1) is 30.5. The summed E-state index contributed by atoms with van der Waals surface area (Å²) in [6, 6.07) is 9.51. The number of benzene rings is 2. The first-order valence-electron chi connectivity index (χ1n) is 13.9. The lowest BCUT2D eigenvalue weighted by Crippen LogP contribution is -2.36. The zero-order chi connectivity index (χ0) is 29.7. The minimum absolute atomic E-state index is 0.0280. The second kappa shape index (κ2) is 13.5. The number of halogens is 1. The molecule has 1 N–H and O–H groups in total. The number of unbranched alkanes of at least 4 members (excludes halogenated alkanes) is 1. The van der Waals surface area contributed by atoms with Crippen molar-refractivity contribution >= 4 is 27.7 Å². The van der Waals surface area contributed by atoms with Crippen molar-refractivity contribution in [2.45, 2.75) is 58.3 Å². The number of ketones is 1. The van der Waals surface area contributed by atoms with Crippen molar-refractivity contribution in [3.05, 3.63) is 68.5 Å². The zero-order valence-electron chi connectivity index (χ0n) is 24.5. The number of hydrogen-bond donors (Lipinski definition) is 1. The molecule has 0 amide bonds. The van der Waals surface area contributed by atoms with Crippen LogP contribution in [0.3, 0.4) is 0 Å². The van der Waals surface area contributed by atoms with Gasteiger partial charge in [0.1, 0.15) is 0 Å². The molecule has 8 nitrogen and oxygen atoms in total. The Hall–Kier alpha value is -3.46. The van der Waals surface area contributed by atoms with Crippen LogP contribution in [0, 0.1) is 0 Å². The van der Waals surface area contributed by atoms with E-state index in [0.717, 1.165) is 29.7 Å². The maximum Gasteiger partial charge on any atom is 0.336 e. The summed E-state index contributed by atoms with van der Waals surface area (Å²) in [7, 11) is 4.77. The predicted octanol–water partition coefficient (Wildman–Crippen LogP) is 6.58. The van der Waals surface area contributed by atoms with Crippen LogP contribution in [0.1, 0.15) is 69.4 Å². The molecule has 2 aromatic rings. The van der Waals surface area contributed by atoms with Crippen molar-refractivity contribution in [3.63, 3.8) is 0 Å². The van der Waals surface area contributed by atoms with Crippen LogP contribution >= 0.6 is 15.9 Å². The number of esters is 1. The Morgan fingerprint density at radius 3 is 2.37 bits per heavy atom. The van der Waals surface area contributed by atoms with Gasteiger partial charge in [-0.25, -0.2) is 4.79 Å². The van der Waals surface area contributed by atoms with E-state index in [2.05, 4.69) is 21.2 Å². The van der Waals surface area contributed by atoms with E-state index in [9.17, 15) is 9.59 Å². The van der Waals surface area contributed by atoms with Crippen molar-refractivity contribution in [3.8, 4) is 23.0 Å². The van der Waals surface area contributed by atoms with Gasteiger partial charge in [0.2, 0.25) is 0 Å². The molecule has 0 radical (unpaired) electrons. The fourth-order valence-corrected chi connectivity index (χ4v) is 6.21. The summed E-state index contributed by atoms with van der Waals surface area (Å²) >= 11 is 3.61. The van der Waals surface area contributed by atoms with Gasteiger partial charge in [0.05, 0.1) is 44.6 Å². The summed E-state index contributed by atoms with van der Waals surface area (Å²) in [4.78, 5) is 27.6. The zero-order valence-corrected chi connectivity index (χ0v) is 26.1. The number of rotatable bonds is 11. The molecule has 2 aromatic carbocycles. The molecule has 2 atom stereocenters. The Morgan fingerprint density at radius 2 is 1.71 bits per heavy atom. The molecule has 2 aliphatic rings. The molecule has 41 heavy (non-hydrogen) atoms. The summed E-state index contributed by atoms with van der Waals surface area (Å²) < 4.78 is 28.7. The standard InChI is InChI=1S/C32H38BrNO7/c1-7-9-12-41-32(36)28-18(3)34-23-14-20(19-10-11-25(37-4)26(16-19)38-5)15-24(35)30(23)29(28)21-13-22(33)31(39-6)27(17-21)40-8-2/h10-11,13,16-17,20,29,34H,7-9,12,14-15H2,1-6H3/t20-,29+/m1/s1. The molecular weight excluding hydrogens is 590 g/mol. The average Bonchev–Trinajstić information content (AvgIpc) is 2.96. The molecule has 0 fully saturated rings. The van der Waals surface area contributed by atoms with E-state index in [1.165, 1.54) is 0 Å². The third-order valence-electron chi connectivity index (χ3n) is 7.53. The topological polar surface area (TPSA) is 92.3 Å². The Kier molecular flexibility index (Phi) is 10.0. The third-order valence-corrected chi connectivity index (χ3v) is 8.12. The van der Waals surface area contributed by atoms with Crippen LogP contribution in [0.5, 0.6) is 23.0 Å². The average molecular weight is 629 g/mol. The van der Waals surface area contributed by atoms with Crippen LogP contribution in [0.15, 0.2) is 57.3 Å². The SMILES string of the molecule is CCCCOC(=O)C1=C(C)NC2=C(C(=O)C[C@H](c3ccc(OC)c(OC)c3)C2)[C@H]1c1cc(Br)c(OC)c(OCC)c1. The smallest absolute Gasteiger partial charge is 0.336 e. The number of methoxy groups -OCH3 is 3. The molecule has 0 saturated heterocycles. The minimum atomic E-state index is -0.624. The summed E-state index contributed by atoms with van der Waals surface area (Å²) in [5.41, 5.74) is 4.21. The maximum atomic E-state index is 14.0. The maximum absolute atomic E-state index is 14.0. The summed E-state index contributed by atoms with van der Waals surface area (Å²) in [5, 5.41) is 3.41. The molecule has 4 rings (SSSR count). The highest BCUT2D eigenvalue weighted by atomic mass is 79.9. The minimum Gasteiger partial charge on any atom is -0.493 e. The van der Waals surface area contributed by atoms with E-state index in [4.69, 9.17) is 23.7 Å². The van der Waals surface area contributed by atoms with Crippen LogP contribution < -0.4 is 24.3 Å². The van der Waals surface area contributed by atoms with Crippen LogP contribution in [-0.4, -0.2) is 46.3 Å². The Morgan fingerprint density at radius 1 is 0.976 bits per heavy atom. The van der Waals surface area contributed by atoms with Gasteiger partial charge in [-0.3, -0.25) is 4.79 Å². The van der Waals surface area contributed by atoms with Gasteiger partial charge in [-0.2, -0.15) is 0 Å². The largest absolute Gasteiger partial charge is 0.493 e. The lowest BCUT2D eigenvalue weighted by atomic mass is 9.71. The Labute approximate surface area is 250 Å². The molecule has 0 saturated carbocycles. The Bertz CT molecular complexity index is 1380. The van der Waals surface area contributed by atoms with Crippen molar-refractivity contribution in [1.29, 1.82) is 0 Å². The van der Waals surface area contributed by atoms with Gasteiger partial charge >= 0.3 is 5.97 Å². The number of carbonyl (C=O) groups excluding carboxylic acids is 2. The second-order valence-electron chi connectivity index (χ2n) is 10.1. The third kappa shape index (κ3) is 6.25. The van der Waals surface area contributed by atoms with Crippen molar-refractivity contribution in [1.82, 2.24) is 5.32 Å². The van der Waals surface area contributed by atoms with Gasteiger partial charge < -0.3 is 29.0 Å². The van der Waals surface area contributed by atoms with Crippen LogP contribution in [0.2, 0.25) is 0 Å². The number of Topliss-reactive ketones (excluding diaryl/α,β-unsaturated/α-hetero) is 1. The summed E-state index contributed by atoms with van der Waals surface area (Å²) in [5.74, 6) is 1.18. The lowest BCUT2D eigenvalue weighted by molar-refractivity contribution is -0.139. The van der Waals surface area contributed by atoms with E-state index in [1.807, 2.05) is 51.1 Å². The van der Waals surface area contributed by atoms with Gasteiger partial charge in [-0.05, 0) is 83.9 Å². The van der Waals surface area contributed by atoms with Crippen molar-refractivity contribution < 1.29 is 33.3 Å². The van der Waals surface area contributed by atoms with Gasteiger partial charge in [-0.15, -0.1) is 0 Å². The molecule has 1 heterocycles. The fourth-order valence-electron chi connectivity index (χ4n) is 5.59. The number of carbonyl (C=O) groups is 2. The van der Waals surface area contributed by atoms with E-state index in [0.29, 0.717) is 70.4 Å². The molecule has 9 heteroatoms. The predicted molar refractivity (Wildman–Crippen MR) is 160 cm³/mol. The van der Waals surface area contributed by atoms with E-state index in [-0.39, 0.29) is 11.7 Å².